The van der Waals surface area contributed by atoms with Crippen molar-refractivity contribution < 1.29 is 18.0 Å². The molecule has 0 heterocycles. The maximum Gasteiger partial charge on any atom is 0.416 e. The number of hydrogen-bond donors (Lipinski definition) is 1. The van der Waals surface area contributed by atoms with E-state index in [2.05, 4.69) is 5.32 Å². The Kier molecular flexibility index (Phi) is 3.78. The Bertz CT molecular complexity index is 866. The van der Waals surface area contributed by atoms with Crippen molar-refractivity contribution in [2.45, 2.75) is 6.18 Å². The van der Waals surface area contributed by atoms with Gasteiger partial charge in [0.15, 0.2) is 0 Å². The van der Waals surface area contributed by atoms with Crippen molar-refractivity contribution in [2.24, 2.45) is 0 Å². The lowest BCUT2D eigenvalue weighted by Crippen LogP contribution is -2.13. The van der Waals surface area contributed by atoms with Gasteiger partial charge in [0, 0.05) is 11.3 Å². The summed E-state index contributed by atoms with van der Waals surface area (Å²) in [6, 6.07) is 17.2. The first-order valence-electron chi connectivity index (χ1n) is 6.91. The average molecular weight is 315 g/mol. The Morgan fingerprint density at radius 1 is 0.870 bits per heavy atom. The zero-order valence-electron chi connectivity index (χ0n) is 11.9. The fraction of sp³-hybridized carbons (Fsp3) is 0.0556. The number of amides is 1. The first kappa shape index (κ1) is 15.1. The van der Waals surface area contributed by atoms with Gasteiger partial charge in [0.1, 0.15) is 0 Å². The van der Waals surface area contributed by atoms with Crippen LogP contribution in [-0.4, -0.2) is 5.91 Å². The molecule has 2 nitrogen and oxygen atoms in total. The van der Waals surface area contributed by atoms with Gasteiger partial charge in [-0.05, 0) is 35.0 Å². The Morgan fingerprint density at radius 3 is 2.35 bits per heavy atom. The fourth-order valence-electron chi connectivity index (χ4n) is 2.40. The smallest absolute Gasteiger partial charge is 0.322 e. The van der Waals surface area contributed by atoms with Crippen molar-refractivity contribution >= 4 is 22.4 Å². The largest absolute Gasteiger partial charge is 0.416 e. The van der Waals surface area contributed by atoms with Crippen LogP contribution in [0.25, 0.3) is 10.8 Å². The first-order valence-corrected chi connectivity index (χ1v) is 6.91. The minimum absolute atomic E-state index is 0.109. The average Bonchev–Trinajstić information content (AvgIpc) is 2.53. The zero-order valence-corrected chi connectivity index (χ0v) is 11.9. The van der Waals surface area contributed by atoms with Gasteiger partial charge in [-0.15, -0.1) is 0 Å². The molecule has 23 heavy (non-hydrogen) atoms. The van der Waals surface area contributed by atoms with Gasteiger partial charge < -0.3 is 5.32 Å². The van der Waals surface area contributed by atoms with Crippen LogP contribution < -0.4 is 5.32 Å². The van der Waals surface area contributed by atoms with Crippen LogP contribution in [0.3, 0.4) is 0 Å². The predicted octanol–water partition coefficient (Wildman–Crippen LogP) is 5.11. The molecule has 0 unspecified atom stereocenters. The number of benzene rings is 3. The Morgan fingerprint density at radius 2 is 1.57 bits per heavy atom. The summed E-state index contributed by atoms with van der Waals surface area (Å²) in [6.45, 7) is 0. The van der Waals surface area contributed by atoms with Crippen molar-refractivity contribution in [1.82, 2.24) is 0 Å². The van der Waals surface area contributed by atoms with Gasteiger partial charge in [-0.2, -0.15) is 13.2 Å². The lowest BCUT2D eigenvalue weighted by Gasteiger charge is -2.11. The number of fused-ring (bicyclic) bond motifs is 1. The van der Waals surface area contributed by atoms with E-state index in [4.69, 9.17) is 0 Å². The standard InChI is InChI=1S/C18H12F3NO/c19-18(20,21)13-7-4-8-14(11-13)22-17(23)16-10-3-6-12-5-1-2-9-15(12)16/h1-11H,(H,22,23). The van der Waals surface area contributed by atoms with E-state index in [0.717, 1.165) is 22.9 Å². The van der Waals surface area contributed by atoms with Crippen LogP contribution in [0.15, 0.2) is 66.7 Å². The molecule has 0 spiro atoms. The van der Waals surface area contributed by atoms with Crippen LogP contribution in [0.2, 0.25) is 0 Å². The maximum absolute atomic E-state index is 12.7. The molecule has 1 N–H and O–H groups in total. The third kappa shape index (κ3) is 3.18. The van der Waals surface area contributed by atoms with E-state index < -0.39 is 17.6 Å². The lowest BCUT2D eigenvalue weighted by molar-refractivity contribution is -0.137. The second-order valence-electron chi connectivity index (χ2n) is 5.06. The Labute approximate surface area is 130 Å². The van der Waals surface area contributed by atoms with Gasteiger partial charge in [-0.1, -0.05) is 42.5 Å². The van der Waals surface area contributed by atoms with Gasteiger partial charge in [0.05, 0.1) is 5.56 Å². The molecule has 0 aliphatic rings. The molecule has 0 fully saturated rings. The number of anilines is 1. The minimum Gasteiger partial charge on any atom is -0.322 e. The van der Waals surface area contributed by atoms with Crippen molar-refractivity contribution in [2.75, 3.05) is 5.32 Å². The number of hydrogen-bond acceptors (Lipinski definition) is 1. The molecule has 1 amide bonds. The summed E-state index contributed by atoms with van der Waals surface area (Å²) < 4.78 is 38.2. The van der Waals surface area contributed by atoms with E-state index in [1.807, 2.05) is 24.3 Å². The highest BCUT2D eigenvalue weighted by Crippen LogP contribution is 2.31. The second kappa shape index (κ2) is 5.76. The van der Waals surface area contributed by atoms with E-state index in [1.54, 1.807) is 18.2 Å². The molecule has 0 aromatic heterocycles. The lowest BCUT2D eigenvalue weighted by atomic mass is 10.0. The summed E-state index contributed by atoms with van der Waals surface area (Å²) in [7, 11) is 0. The topological polar surface area (TPSA) is 29.1 Å². The molecule has 5 heteroatoms. The molecule has 3 rings (SSSR count). The second-order valence-corrected chi connectivity index (χ2v) is 5.06. The molecule has 0 saturated carbocycles. The summed E-state index contributed by atoms with van der Waals surface area (Å²) in [4.78, 5) is 12.4. The minimum atomic E-state index is -4.44. The molecule has 0 saturated heterocycles. The number of halogens is 3. The molecule has 0 radical (unpaired) electrons. The van der Waals surface area contributed by atoms with E-state index >= 15 is 0 Å². The van der Waals surface area contributed by atoms with Crippen LogP contribution >= 0.6 is 0 Å². The van der Waals surface area contributed by atoms with E-state index in [0.29, 0.717) is 5.56 Å². The van der Waals surface area contributed by atoms with Crippen molar-refractivity contribution in [3.8, 4) is 0 Å². The van der Waals surface area contributed by atoms with E-state index in [9.17, 15) is 18.0 Å². The van der Waals surface area contributed by atoms with Gasteiger partial charge in [0.25, 0.3) is 5.91 Å². The molecular weight excluding hydrogens is 303 g/mol. The quantitative estimate of drug-likeness (QED) is 0.699. The number of carbonyl (C=O) groups is 1. The van der Waals surface area contributed by atoms with Crippen LogP contribution in [0.5, 0.6) is 0 Å². The highest BCUT2D eigenvalue weighted by Gasteiger charge is 2.30. The predicted molar refractivity (Wildman–Crippen MR) is 83.3 cm³/mol. The fourth-order valence-corrected chi connectivity index (χ4v) is 2.40. The van der Waals surface area contributed by atoms with E-state index in [-0.39, 0.29) is 5.69 Å². The summed E-state index contributed by atoms with van der Waals surface area (Å²) in [5, 5.41) is 4.17. The van der Waals surface area contributed by atoms with Gasteiger partial charge in [-0.3, -0.25) is 4.79 Å². The van der Waals surface area contributed by atoms with Crippen LogP contribution in [0.4, 0.5) is 18.9 Å². The Hall–Kier alpha value is -2.82. The van der Waals surface area contributed by atoms with Crippen LogP contribution in [-0.2, 0) is 6.18 Å². The highest BCUT2D eigenvalue weighted by molar-refractivity contribution is 6.12. The number of rotatable bonds is 2. The Balaban J connectivity index is 1.93. The van der Waals surface area contributed by atoms with Crippen molar-refractivity contribution in [3.63, 3.8) is 0 Å². The first-order chi connectivity index (χ1) is 10.9. The number of nitrogens with one attached hydrogen (secondary N) is 1. The molecule has 0 atom stereocenters. The monoisotopic (exact) mass is 315 g/mol. The molecule has 3 aromatic rings. The molecular formula is C18H12F3NO. The summed E-state index contributed by atoms with van der Waals surface area (Å²) in [5.41, 5.74) is -0.272. The van der Waals surface area contributed by atoms with Gasteiger partial charge in [-0.25, -0.2) is 0 Å². The van der Waals surface area contributed by atoms with Crippen LogP contribution in [0, 0.1) is 0 Å². The SMILES string of the molecule is O=C(Nc1cccc(C(F)(F)F)c1)c1cccc2ccccc12. The summed E-state index contributed by atoms with van der Waals surface area (Å²) >= 11 is 0. The zero-order chi connectivity index (χ0) is 16.4. The normalized spacial score (nSPS) is 11.4. The third-order valence-corrected chi connectivity index (χ3v) is 3.48. The molecule has 3 aromatic carbocycles. The molecule has 0 bridgehead atoms. The highest BCUT2D eigenvalue weighted by atomic mass is 19.4. The van der Waals surface area contributed by atoms with E-state index in [1.165, 1.54) is 12.1 Å². The van der Waals surface area contributed by atoms with Crippen molar-refractivity contribution in [3.05, 3.63) is 77.9 Å². The maximum atomic E-state index is 12.7. The number of carbonyl (C=O) groups excluding carboxylic acids is 1. The summed E-state index contributed by atoms with van der Waals surface area (Å²) in [6.07, 6.45) is -4.44. The molecule has 0 aliphatic carbocycles. The van der Waals surface area contributed by atoms with Crippen LogP contribution in [0.1, 0.15) is 15.9 Å². The summed E-state index contributed by atoms with van der Waals surface area (Å²) in [5.74, 6) is -0.443. The molecule has 116 valence electrons. The van der Waals surface area contributed by atoms with Gasteiger partial charge in [0.2, 0.25) is 0 Å². The van der Waals surface area contributed by atoms with Gasteiger partial charge >= 0.3 is 6.18 Å². The molecule has 0 aliphatic heterocycles. The number of alkyl halides is 3. The van der Waals surface area contributed by atoms with Crippen molar-refractivity contribution in [1.29, 1.82) is 0 Å². The third-order valence-electron chi connectivity index (χ3n) is 3.48.